The Morgan fingerprint density at radius 3 is 2.61 bits per heavy atom. The van der Waals surface area contributed by atoms with Crippen molar-refractivity contribution in [1.82, 2.24) is 14.8 Å². The van der Waals surface area contributed by atoms with Crippen LogP contribution in [-0.4, -0.2) is 55.1 Å². The van der Waals surface area contributed by atoms with Gasteiger partial charge in [-0.2, -0.15) is 0 Å². The van der Waals surface area contributed by atoms with Crippen molar-refractivity contribution >= 4 is 22.5 Å². The van der Waals surface area contributed by atoms with Gasteiger partial charge in [0.1, 0.15) is 5.75 Å². The number of likely N-dealkylation sites (N-methyl/N-ethyl adjacent to an activating group) is 1. The minimum Gasteiger partial charge on any atom is -0.497 e. The first-order chi connectivity index (χ1) is 13.5. The molecule has 1 aromatic heterocycles. The fourth-order valence-corrected chi connectivity index (χ4v) is 4.04. The predicted molar refractivity (Wildman–Crippen MR) is 116 cm³/mol. The van der Waals surface area contributed by atoms with E-state index in [-0.39, 0.29) is 0 Å². The van der Waals surface area contributed by atoms with Crippen LogP contribution < -0.4 is 4.74 Å². The number of hydrogen-bond donors (Lipinski definition) is 0. The fourth-order valence-electron chi connectivity index (χ4n) is 3.91. The summed E-state index contributed by atoms with van der Waals surface area (Å²) in [5, 5.41) is 1.87. The lowest BCUT2D eigenvalue weighted by Gasteiger charge is -2.21. The summed E-state index contributed by atoms with van der Waals surface area (Å²) < 4.78 is 5.39. The molecule has 0 saturated carbocycles. The molecule has 0 bridgehead atoms. The van der Waals surface area contributed by atoms with Crippen LogP contribution in [0, 0.1) is 0 Å². The second kappa shape index (κ2) is 8.08. The van der Waals surface area contributed by atoms with Crippen molar-refractivity contribution in [3.63, 3.8) is 0 Å². The van der Waals surface area contributed by atoms with E-state index < -0.39 is 0 Å². The molecule has 4 rings (SSSR count). The number of ether oxygens (including phenoxy) is 1. The van der Waals surface area contributed by atoms with E-state index in [1.165, 1.54) is 12.0 Å². The van der Waals surface area contributed by atoms with E-state index in [1.807, 2.05) is 36.4 Å². The molecule has 2 aromatic carbocycles. The number of benzene rings is 2. The van der Waals surface area contributed by atoms with E-state index in [9.17, 15) is 0 Å². The SMILES string of the molecule is COc1ccc2cc(CN3CC[C@H](N(C)C)C3)c(-c3ccc(Cl)cc3)nc2c1. The summed E-state index contributed by atoms with van der Waals surface area (Å²) in [5.74, 6) is 0.822. The standard InChI is InChI=1S/C23H26ClN3O/c1-26(2)20-10-11-27(15-20)14-18-12-17-6-9-21(28-3)13-22(17)25-23(18)16-4-7-19(24)8-5-16/h4-9,12-13,20H,10-11,14-15H2,1-3H3/t20-/m0/s1. The lowest BCUT2D eigenvalue weighted by atomic mass is 10.0. The second-order valence-electron chi connectivity index (χ2n) is 7.70. The van der Waals surface area contributed by atoms with Crippen molar-refractivity contribution in [1.29, 1.82) is 0 Å². The van der Waals surface area contributed by atoms with Gasteiger partial charge >= 0.3 is 0 Å². The Bertz CT molecular complexity index is 971. The van der Waals surface area contributed by atoms with Gasteiger partial charge in [-0.15, -0.1) is 0 Å². The van der Waals surface area contributed by atoms with Gasteiger partial charge in [0.25, 0.3) is 0 Å². The van der Waals surface area contributed by atoms with E-state index in [4.69, 9.17) is 21.3 Å². The number of methoxy groups -OCH3 is 1. The number of aromatic nitrogens is 1. The summed E-state index contributed by atoms with van der Waals surface area (Å²) in [6.07, 6.45) is 1.21. The summed E-state index contributed by atoms with van der Waals surface area (Å²) in [7, 11) is 6.01. The Labute approximate surface area is 171 Å². The smallest absolute Gasteiger partial charge is 0.121 e. The normalized spacial score (nSPS) is 17.5. The van der Waals surface area contributed by atoms with Crippen LogP contribution in [0.3, 0.4) is 0 Å². The number of halogens is 1. The van der Waals surface area contributed by atoms with Crippen molar-refractivity contribution in [3.8, 4) is 17.0 Å². The third-order valence-electron chi connectivity index (χ3n) is 5.59. The van der Waals surface area contributed by atoms with Gasteiger partial charge in [0.2, 0.25) is 0 Å². The molecular formula is C23H26ClN3O. The van der Waals surface area contributed by atoms with Gasteiger partial charge in [0, 0.05) is 47.7 Å². The van der Waals surface area contributed by atoms with Gasteiger partial charge in [0.15, 0.2) is 0 Å². The lowest BCUT2D eigenvalue weighted by Crippen LogP contribution is -2.31. The molecule has 0 unspecified atom stereocenters. The maximum absolute atomic E-state index is 6.11. The van der Waals surface area contributed by atoms with Crippen molar-refractivity contribution in [2.75, 3.05) is 34.3 Å². The Morgan fingerprint density at radius 2 is 1.93 bits per heavy atom. The molecule has 28 heavy (non-hydrogen) atoms. The van der Waals surface area contributed by atoms with Crippen LogP contribution in [-0.2, 0) is 6.54 Å². The van der Waals surface area contributed by atoms with Crippen LogP contribution in [0.4, 0.5) is 0 Å². The van der Waals surface area contributed by atoms with Crippen molar-refractivity contribution in [2.24, 2.45) is 0 Å². The molecule has 5 heteroatoms. The molecular weight excluding hydrogens is 370 g/mol. The molecule has 1 saturated heterocycles. The van der Waals surface area contributed by atoms with E-state index >= 15 is 0 Å². The average molecular weight is 396 g/mol. The van der Waals surface area contributed by atoms with Crippen LogP contribution in [0.5, 0.6) is 5.75 Å². The zero-order valence-electron chi connectivity index (χ0n) is 16.7. The minimum absolute atomic E-state index is 0.622. The summed E-state index contributed by atoms with van der Waals surface area (Å²) in [6.45, 7) is 3.11. The highest BCUT2D eigenvalue weighted by Crippen LogP contribution is 2.30. The molecule has 1 atom stereocenters. The highest BCUT2D eigenvalue weighted by molar-refractivity contribution is 6.30. The molecule has 0 aliphatic carbocycles. The van der Waals surface area contributed by atoms with E-state index in [2.05, 4.69) is 36.0 Å². The Morgan fingerprint density at radius 1 is 1.14 bits per heavy atom. The fraction of sp³-hybridized carbons (Fsp3) is 0.348. The number of likely N-dealkylation sites (tertiary alicyclic amines) is 1. The van der Waals surface area contributed by atoms with E-state index in [0.717, 1.165) is 52.6 Å². The van der Waals surface area contributed by atoms with Crippen LogP contribution in [0.15, 0.2) is 48.5 Å². The third-order valence-corrected chi connectivity index (χ3v) is 5.85. The molecule has 4 nitrogen and oxygen atoms in total. The number of pyridine rings is 1. The summed E-state index contributed by atoms with van der Waals surface area (Å²) in [6, 6.07) is 16.9. The predicted octanol–water partition coefficient (Wildman–Crippen LogP) is 4.70. The summed E-state index contributed by atoms with van der Waals surface area (Å²) in [5.41, 5.74) is 4.30. The molecule has 1 aliphatic rings. The highest BCUT2D eigenvalue weighted by Gasteiger charge is 2.25. The monoisotopic (exact) mass is 395 g/mol. The largest absolute Gasteiger partial charge is 0.497 e. The Hall–Kier alpha value is -2.14. The van der Waals surface area contributed by atoms with Gasteiger partial charge in [0.05, 0.1) is 18.3 Å². The molecule has 0 radical (unpaired) electrons. The number of nitrogens with zero attached hydrogens (tertiary/aromatic N) is 3. The zero-order valence-corrected chi connectivity index (χ0v) is 17.4. The van der Waals surface area contributed by atoms with Gasteiger partial charge in [-0.25, -0.2) is 4.98 Å². The van der Waals surface area contributed by atoms with E-state index in [0.29, 0.717) is 6.04 Å². The van der Waals surface area contributed by atoms with Crippen LogP contribution in [0.25, 0.3) is 22.2 Å². The summed E-state index contributed by atoms with van der Waals surface area (Å²) >= 11 is 6.11. The number of rotatable bonds is 5. The topological polar surface area (TPSA) is 28.6 Å². The minimum atomic E-state index is 0.622. The second-order valence-corrected chi connectivity index (χ2v) is 8.14. The van der Waals surface area contributed by atoms with Crippen LogP contribution in [0.2, 0.25) is 5.02 Å². The molecule has 0 spiro atoms. The molecule has 0 N–H and O–H groups in total. The van der Waals surface area contributed by atoms with Crippen molar-refractivity contribution in [2.45, 2.75) is 19.0 Å². The van der Waals surface area contributed by atoms with Gasteiger partial charge in [-0.3, -0.25) is 4.90 Å². The Balaban J connectivity index is 1.74. The molecule has 146 valence electrons. The van der Waals surface area contributed by atoms with Crippen molar-refractivity contribution in [3.05, 3.63) is 59.1 Å². The first-order valence-corrected chi connectivity index (χ1v) is 10.0. The van der Waals surface area contributed by atoms with Crippen molar-refractivity contribution < 1.29 is 4.74 Å². The molecule has 0 amide bonds. The maximum atomic E-state index is 6.11. The first kappa shape index (κ1) is 19.2. The molecule has 1 aliphatic heterocycles. The molecule has 3 aromatic rings. The van der Waals surface area contributed by atoms with Gasteiger partial charge in [-0.05, 0) is 56.4 Å². The summed E-state index contributed by atoms with van der Waals surface area (Å²) in [4.78, 5) is 9.87. The number of fused-ring (bicyclic) bond motifs is 1. The van der Waals surface area contributed by atoms with Crippen LogP contribution in [0.1, 0.15) is 12.0 Å². The lowest BCUT2D eigenvalue weighted by molar-refractivity contribution is 0.265. The first-order valence-electron chi connectivity index (χ1n) is 9.66. The van der Waals surface area contributed by atoms with Gasteiger partial charge in [-0.1, -0.05) is 23.7 Å². The molecule has 1 fully saturated rings. The quantitative estimate of drug-likeness (QED) is 0.626. The van der Waals surface area contributed by atoms with Gasteiger partial charge < -0.3 is 9.64 Å². The average Bonchev–Trinajstić information content (AvgIpc) is 3.17. The van der Waals surface area contributed by atoms with Crippen LogP contribution >= 0.6 is 11.6 Å². The molecule has 2 heterocycles. The maximum Gasteiger partial charge on any atom is 0.121 e. The number of hydrogen-bond acceptors (Lipinski definition) is 4. The highest BCUT2D eigenvalue weighted by atomic mass is 35.5. The zero-order chi connectivity index (χ0) is 19.7. The third kappa shape index (κ3) is 4.00. The Kier molecular flexibility index (Phi) is 5.54. The van der Waals surface area contributed by atoms with E-state index in [1.54, 1.807) is 7.11 Å².